The van der Waals surface area contributed by atoms with Crippen molar-refractivity contribution in [2.24, 2.45) is 0 Å². The van der Waals surface area contributed by atoms with Gasteiger partial charge in [-0.3, -0.25) is 4.79 Å². The van der Waals surface area contributed by atoms with Crippen molar-refractivity contribution in [3.05, 3.63) is 30.5 Å². The predicted octanol–water partition coefficient (Wildman–Crippen LogP) is 3.39. The van der Waals surface area contributed by atoms with Crippen molar-refractivity contribution in [3.8, 4) is 11.3 Å². The van der Waals surface area contributed by atoms with E-state index in [0.717, 1.165) is 40.8 Å². The summed E-state index contributed by atoms with van der Waals surface area (Å²) in [4.78, 5) is 16.3. The first kappa shape index (κ1) is 13.2. The van der Waals surface area contributed by atoms with Crippen LogP contribution in [0, 0.1) is 0 Å². The van der Waals surface area contributed by atoms with E-state index >= 15 is 0 Å². The first-order valence-corrected chi connectivity index (χ1v) is 7.85. The van der Waals surface area contributed by atoms with Gasteiger partial charge in [-0.15, -0.1) is 0 Å². The first-order valence-electron chi connectivity index (χ1n) is 6.86. The van der Waals surface area contributed by atoms with E-state index in [2.05, 4.69) is 21.1 Å². The van der Waals surface area contributed by atoms with E-state index in [1.54, 1.807) is 11.8 Å². The highest BCUT2D eigenvalue weighted by Crippen LogP contribution is 2.29. The lowest BCUT2D eigenvalue weighted by atomic mass is 10.1. The van der Waals surface area contributed by atoms with Crippen LogP contribution in [-0.2, 0) is 11.3 Å². The largest absolute Gasteiger partial charge is 0.326 e. The number of amides is 1. The SMILES string of the molecule is CCCC(=O)Nc1cccc(-c2cn3c(n2)SCC3)c1. The minimum atomic E-state index is 0.0625. The number of carbonyl (C=O) groups excluding carboxylic acids is 1. The van der Waals surface area contributed by atoms with E-state index in [9.17, 15) is 4.79 Å². The second-order valence-corrected chi connectivity index (χ2v) is 5.89. The minimum Gasteiger partial charge on any atom is -0.326 e. The minimum absolute atomic E-state index is 0.0625. The van der Waals surface area contributed by atoms with Crippen molar-refractivity contribution in [2.45, 2.75) is 31.5 Å². The van der Waals surface area contributed by atoms with Crippen LogP contribution < -0.4 is 5.32 Å². The highest BCUT2D eigenvalue weighted by atomic mass is 32.2. The molecule has 0 aliphatic carbocycles. The van der Waals surface area contributed by atoms with Crippen LogP contribution in [0.3, 0.4) is 0 Å². The summed E-state index contributed by atoms with van der Waals surface area (Å²) in [5.41, 5.74) is 2.85. The molecule has 1 aliphatic rings. The molecule has 1 amide bonds. The molecular formula is C15H17N3OS. The number of thioether (sulfide) groups is 1. The van der Waals surface area contributed by atoms with Crippen LogP contribution in [-0.4, -0.2) is 21.2 Å². The molecule has 20 heavy (non-hydrogen) atoms. The molecule has 0 bridgehead atoms. The maximum absolute atomic E-state index is 11.6. The van der Waals surface area contributed by atoms with Gasteiger partial charge in [0.25, 0.3) is 0 Å². The van der Waals surface area contributed by atoms with E-state index in [4.69, 9.17) is 0 Å². The number of nitrogens with one attached hydrogen (secondary N) is 1. The van der Waals surface area contributed by atoms with Gasteiger partial charge in [-0.25, -0.2) is 4.98 Å². The second kappa shape index (κ2) is 5.71. The number of fused-ring (bicyclic) bond motifs is 1. The third kappa shape index (κ3) is 2.72. The topological polar surface area (TPSA) is 46.9 Å². The van der Waals surface area contributed by atoms with Crippen molar-refractivity contribution in [1.29, 1.82) is 0 Å². The standard InChI is InChI=1S/C15H17N3OS/c1-2-4-14(19)16-12-6-3-5-11(9-12)13-10-18-7-8-20-15(18)17-13/h3,5-6,9-10H,2,4,7-8H2,1H3,(H,16,19). The van der Waals surface area contributed by atoms with Gasteiger partial charge in [0.2, 0.25) is 5.91 Å². The van der Waals surface area contributed by atoms with Crippen LogP contribution in [0.15, 0.2) is 35.6 Å². The van der Waals surface area contributed by atoms with Crippen molar-refractivity contribution in [2.75, 3.05) is 11.1 Å². The lowest BCUT2D eigenvalue weighted by Gasteiger charge is -2.05. The van der Waals surface area contributed by atoms with Crippen molar-refractivity contribution >= 4 is 23.4 Å². The van der Waals surface area contributed by atoms with Crippen LogP contribution in [0.5, 0.6) is 0 Å². The smallest absolute Gasteiger partial charge is 0.224 e. The van der Waals surface area contributed by atoms with Crippen LogP contribution >= 0.6 is 11.8 Å². The fourth-order valence-corrected chi connectivity index (χ4v) is 3.20. The first-order chi connectivity index (χ1) is 9.76. The molecule has 4 nitrogen and oxygen atoms in total. The Bertz CT molecular complexity index is 614. The van der Waals surface area contributed by atoms with Gasteiger partial charge in [-0.2, -0.15) is 0 Å². The molecule has 1 aliphatic heterocycles. The maximum Gasteiger partial charge on any atom is 0.224 e. The number of rotatable bonds is 4. The van der Waals surface area contributed by atoms with Crippen molar-refractivity contribution in [1.82, 2.24) is 9.55 Å². The molecule has 0 atom stereocenters. The zero-order valence-corrected chi connectivity index (χ0v) is 12.2. The third-order valence-corrected chi connectivity index (χ3v) is 4.19. The summed E-state index contributed by atoms with van der Waals surface area (Å²) in [7, 11) is 0. The molecule has 0 saturated heterocycles. The van der Waals surface area contributed by atoms with Gasteiger partial charge in [0.1, 0.15) is 0 Å². The summed E-state index contributed by atoms with van der Waals surface area (Å²) in [6.07, 6.45) is 3.50. The summed E-state index contributed by atoms with van der Waals surface area (Å²) in [6, 6.07) is 7.87. The summed E-state index contributed by atoms with van der Waals surface area (Å²) >= 11 is 1.79. The molecule has 0 fully saturated rings. The Hall–Kier alpha value is -1.75. The van der Waals surface area contributed by atoms with Gasteiger partial charge in [0.15, 0.2) is 5.16 Å². The second-order valence-electron chi connectivity index (χ2n) is 4.83. The average Bonchev–Trinajstić information content (AvgIpc) is 2.99. The molecule has 5 heteroatoms. The maximum atomic E-state index is 11.6. The summed E-state index contributed by atoms with van der Waals surface area (Å²) < 4.78 is 2.18. The highest BCUT2D eigenvalue weighted by molar-refractivity contribution is 7.99. The fourth-order valence-electron chi connectivity index (χ4n) is 2.26. The number of aryl methyl sites for hydroxylation is 1. The Balaban J connectivity index is 1.81. The highest BCUT2D eigenvalue weighted by Gasteiger charge is 2.15. The van der Waals surface area contributed by atoms with E-state index < -0.39 is 0 Å². The van der Waals surface area contributed by atoms with Gasteiger partial charge in [0.05, 0.1) is 5.69 Å². The van der Waals surface area contributed by atoms with Gasteiger partial charge in [-0.1, -0.05) is 30.8 Å². The molecule has 0 saturated carbocycles. The number of benzene rings is 1. The average molecular weight is 287 g/mol. The number of nitrogens with zero attached hydrogens (tertiary/aromatic N) is 2. The molecule has 1 aromatic carbocycles. The molecule has 1 N–H and O–H groups in total. The Morgan fingerprint density at radius 3 is 3.20 bits per heavy atom. The summed E-state index contributed by atoms with van der Waals surface area (Å²) in [6.45, 7) is 3.03. The van der Waals surface area contributed by atoms with E-state index in [-0.39, 0.29) is 5.91 Å². The lowest BCUT2D eigenvalue weighted by Crippen LogP contribution is -2.10. The monoisotopic (exact) mass is 287 g/mol. The van der Waals surface area contributed by atoms with Crippen LogP contribution in [0.4, 0.5) is 5.69 Å². The Labute approximate surface area is 122 Å². The molecule has 1 aromatic heterocycles. The van der Waals surface area contributed by atoms with Gasteiger partial charge < -0.3 is 9.88 Å². The number of carbonyl (C=O) groups is 1. The number of anilines is 1. The Morgan fingerprint density at radius 1 is 1.50 bits per heavy atom. The van der Waals surface area contributed by atoms with E-state index in [0.29, 0.717) is 6.42 Å². The van der Waals surface area contributed by atoms with Crippen molar-refractivity contribution in [3.63, 3.8) is 0 Å². The molecule has 0 spiro atoms. The number of hydrogen-bond acceptors (Lipinski definition) is 3. The lowest BCUT2D eigenvalue weighted by molar-refractivity contribution is -0.116. The van der Waals surface area contributed by atoms with Gasteiger partial charge in [0, 0.05) is 36.2 Å². The van der Waals surface area contributed by atoms with Crippen LogP contribution in [0.2, 0.25) is 0 Å². The molecule has 0 unspecified atom stereocenters. The quantitative estimate of drug-likeness (QED) is 0.937. The van der Waals surface area contributed by atoms with Crippen LogP contribution in [0.1, 0.15) is 19.8 Å². The van der Waals surface area contributed by atoms with E-state index in [1.807, 2.05) is 31.2 Å². The number of imidazole rings is 1. The molecule has 2 aromatic rings. The predicted molar refractivity (Wildman–Crippen MR) is 81.9 cm³/mol. The molecule has 2 heterocycles. The molecular weight excluding hydrogens is 270 g/mol. The van der Waals surface area contributed by atoms with Crippen LogP contribution in [0.25, 0.3) is 11.3 Å². The number of hydrogen-bond donors (Lipinski definition) is 1. The third-order valence-electron chi connectivity index (χ3n) is 3.22. The van der Waals surface area contributed by atoms with Gasteiger partial charge in [-0.05, 0) is 18.6 Å². The molecule has 0 radical (unpaired) electrons. The van der Waals surface area contributed by atoms with Crippen molar-refractivity contribution < 1.29 is 4.79 Å². The fraction of sp³-hybridized carbons (Fsp3) is 0.333. The molecule has 104 valence electrons. The summed E-state index contributed by atoms with van der Waals surface area (Å²) in [5.74, 6) is 1.17. The zero-order valence-electron chi connectivity index (χ0n) is 11.4. The van der Waals surface area contributed by atoms with E-state index in [1.165, 1.54) is 0 Å². The number of aromatic nitrogens is 2. The Kier molecular flexibility index (Phi) is 3.78. The Morgan fingerprint density at radius 2 is 2.40 bits per heavy atom. The zero-order chi connectivity index (χ0) is 13.9. The van der Waals surface area contributed by atoms with Gasteiger partial charge >= 0.3 is 0 Å². The summed E-state index contributed by atoms with van der Waals surface area (Å²) in [5, 5.41) is 4.01. The normalized spacial score (nSPS) is 13.2. The molecule has 3 rings (SSSR count).